The molecule has 0 saturated carbocycles. The van der Waals surface area contributed by atoms with Crippen molar-refractivity contribution in [1.29, 1.82) is 0 Å². The Morgan fingerprint density at radius 3 is 1.70 bits per heavy atom. The molecule has 2 radical (unpaired) electrons. The molecule has 0 rings (SSSR count). The summed E-state index contributed by atoms with van der Waals surface area (Å²) in [7, 11) is 0. The molecule has 0 aromatic heterocycles. The molecule has 0 amide bonds. The molecule has 0 N–H and O–H groups in total. The zero-order chi connectivity index (χ0) is 18.4. The predicted octanol–water partition coefficient (Wildman–Crippen LogP) is 0.779. The fourth-order valence-corrected chi connectivity index (χ4v) is 0.436. The minimum atomic E-state index is -1.46. The molecule has 134 valence electrons. The summed E-state index contributed by atoms with van der Waals surface area (Å²) < 4.78 is 8.65. The van der Waals surface area contributed by atoms with E-state index in [9.17, 15) is 20.1 Å². The van der Waals surface area contributed by atoms with Crippen LogP contribution >= 0.6 is 0 Å². The quantitative estimate of drug-likeness (QED) is 0.234. The summed E-state index contributed by atoms with van der Waals surface area (Å²) in [6, 6.07) is 0. The third-order valence-electron chi connectivity index (χ3n) is 1.01. The van der Waals surface area contributed by atoms with Gasteiger partial charge in [-0.2, -0.15) is 0 Å². The number of rotatable bonds is 5. The zero-order valence-corrected chi connectivity index (χ0v) is 16.7. The number of unbranched alkanes of at least 4 members (excludes halogenated alkanes) is 1. The van der Waals surface area contributed by atoms with Gasteiger partial charge in [0.2, 0.25) is 6.26 Å². The van der Waals surface area contributed by atoms with Crippen LogP contribution in [0.2, 0.25) is 0 Å². The van der Waals surface area contributed by atoms with E-state index in [4.69, 9.17) is 4.74 Å². The van der Waals surface area contributed by atoms with Crippen molar-refractivity contribution in [2.45, 2.75) is 66.6 Å². The normalized spacial score (nSPS) is 7.74. The van der Waals surface area contributed by atoms with Gasteiger partial charge in [-0.1, -0.05) is 53.3 Å². The van der Waals surface area contributed by atoms with Gasteiger partial charge in [0.25, 0.3) is 6.16 Å². The summed E-state index contributed by atoms with van der Waals surface area (Å²) in [6.07, 6.45) is 2.36. The Kier molecular flexibility index (Phi) is 48.4. The molecule has 0 unspecified atom stereocenters. The van der Waals surface area contributed by atoms with E-state index < -0.39 is 18.4 Å². The Morgan fingerprint density at radius 1 is 1.13 bits per heavy atom. The number of carbonyl (C=O) groups is 1. The topological polar surface area (TPSA) is 105 Å². The molecule has 0 spiro atoms. The summed E-state index contributed by atoms with van der Waals surface area (Å²) in [4.78, 5) is 9.27. The van der Waals surface area contributed by atoms with Crippen LogP contribution in [-0.4, -0.2) is 31.6 Å². The van der Waals surface area contributed by atoms with Gasteiger partial charge in [-0.3, -0.25) is 0 Å². The van der Waals surface area contributed by atoms with Crippen molar-refractivity contribution in [2.24, 2.45) is 0 Å². The van der Waals surface area contributed by atoms with Gasteiger partial charge in [-0.05, 0) is 13.3 Å². The summed E-state index contributed by atoms with van der Waals surface area (Å²) in [5.41, 5.74) is 2.40. The first kappa shape index (κ1) is 33.7. The number of ether oxygens (including phenoxy) is 2. The van der Waals surface area contributed by atoms with Crippen LogP contribution in [0.5, 0.6) is 0 Å². The number of hydrogen-bond donors (Lipinski definition) is 0. The first-order valence-electron chi connectivity index (χ1n) is 7.19. The minimum absolute atomic E-state index is 0. The standard InChI is InChI=1S/C7H11O.C3H6O3.2C3H7O.Ti/c1-3-5-7-8-6-4-2;1-2-6-3(4)5;2*1-3(2)4;/h2-3,5,7H2,1H3;2H2,1H3,(H,4,5);2*3H,1-2H3;/q;;2*-1;+3/p-1. The molecule has 0 aliphatic carbocycles. The first-order valence-corrected chi connectivity index (χ1v) is 7.19. The Morgan fingerprint density at radius 2 is 1.52 bits per heavy atom. The van der Waals surface area contributed by atoms with Gasteiger partial charge >= 0.3 is 21.7 Å². The molecule has 0 atom stereocenters. The Bertz CT molecular complexity index is 239. The van der Waals surface area contributed by atoms with Gasteiger partial charge in [0.15, 0.2) is 0 Å². The van der Waals surface area contributed by atoms with Crippen molar-refractivity contribution in [3.05, 3.63) is 18.6 Å². The van der Waals surface area contributed by atoms with E-state index in [1.165, 1.54) is 0 Å². The van der Waals surface area contributed by atoms with Crippen LogP contribution in [0.25, 0.3) is 0 Å². The van der Waals surface area contributed by atoms with Crippen LogP contribution in [0.3, 0.4) is 0 Å². The van der Waals surface area contributed by atoms with Gasteiger partial charge in [0.05, 0.1) is 6.61 Å². The molecular weight excluding hydrogens is 336 g/mol. The van der Waals surface area contributed by atoms with Crippen LogP contribution in [0, 0.1) is 6.26 Å². The second kappa shape index (κ2) is 33.0. The number of carbonyl (C=O) groups excluding carboxylic acids is 1. The Hall–Kier alpha value is -0.776. The van der Waals surface area contributed by atoms with Crippen molar-refractivity contribution < 1.29 is 51.3 Å². The third-order valence-corrected chi connectivity index (χ3v) is 1.01. The predicted molar refractivity (Wildman–Crippen MR) is 80.5 cm³/mol. The van der Waals surface area contributed by atoms with Crippen molar-refractivity contribution in [1.82, 2.24) is 0 Å². The molecule has 0 aromatic carbocycles. The monoisotopic (exact) mass is 366 g/mol. The van der Waals surface area contributed by atoms with E-state index in [0.29, 0.717) is 0 Å². The van der Waals surface area contributed by atoms with E-state index >= 15 is 0 Å². The molecule has 23 heavy (non-hydrogen) atoms. The summed E-state index contributed by atoms with van der Waals surface area (Å²) in [5, 5.41) is 28.3. The van der Waals surface area contributed by atoms with Crippen molar-refractivity contribution in [3.8, 4) is 0 Å². The van der Waals surface area contributed by atoms with Gasteiger partial charge in [0.1, 0.15) is 0 Å². The average molecular weight is 366 g/mol. The van der Waals surface area contributed by atoms with Gasteiger partial charge in [-0.25, -0.2) is 0 Å². The molecule has 0 aliphatic heterocycles. The molecule has 0 saturated heterocycles. The van der Waals surface area contributed by atoms with E-state index in [0.717, 1.165) is 19.4 Å². The third kappa shape index (κ3) is 150. The molecule has 0 fully saturated rings. The van der Waals surface area contributed by atoms with Gasteiger partial charge in [0, 0.05) is 6.61 Å². The largest absolute Gasteiger partial charge is 3.00 e. The maximum absolute atomic E-state index is 9.53. The van der Waals surface area contributed by atoms with Crippen molar-refractivity contribution >= 4 is 6.16 Å². The SMILES string of the molecule is C=C=[C]OCCCC.CC(C)[O-].CC(C)[O-].CCOC(=O)[O-].[Ti+3]. The fraction of sp³-hybridized carbons (Fsp3) is 0.750. The molecule has 0 aromatic rings. The van der Waals surface area contributed by atoms with Crippen molar-refractivity contribution in [3.63, 3.8) is 0 Å². The smallest absolute Gasteiger partial charge is 0.852 e. The summed E-state index contributed by atoms with van der Waals surface area (Å²) >= 11 is 0. The first-order chi connectivity index (χ1) is 10.1. The van der Waals surface area contributed by atoms with Crippen LogP contribution in [0.1, 0.15) is 54.4 Å². The van der Waals surface area contributed by atoms with E-state index in [1.54, 1.807) is 34.6 Å². The molecule has 6 nitrogen and oxygen atoms in total. The van der Waals surface area contributed by atoms with Crippen LogP contribution in [0.4, 0.5) is 4.79 Å². The maximum atomic E-state index is 9.53. The van der Waals surface area contributed by atoms with E-state index in [-0.39, 0.29) is 28.3 Å². The molecule has 7 heteroatoms. The molecule has 0 aliphatic rings. The maximum Gasteiger partial charge on any atom is 3.00 e. The van der Waals surface area contributed by atoms with Crippen LogP contribution in [0.15, 0.2) is 12.3 Å². The molecule has 0 bridgehead atoms. The Balaban J connectivity index is -0.0000000646. The minimum Gasteiger partial charge on any atom is -0.852 e. The average Bonchev–Trinajstić information content (AvgIpc) is 2.34. The summed E-state index contributed by atoms with van der Waals surface area (Å²) in [5.74, 6) is 0. The number of hydrogen-bond acceptors (Lipinski definition) is 6. The summed E-state index contributed by atoms with van der Waals surface area (Å²) in [6.45, 7) is 14.3. The van der Waals surface area contributed by atoms with E-state index in [2.05, 4.69) is 30.2 Å². The molecule has 0 heterocycles. The zero-order valence-electron chi connectivity index (χ0n) is 15.1. The van der Waals surface area contributed by atoms with Gasteiger partial charge < -0.3 is 29.6 Å². The van der Waals surface area contributed by atoms with Crippen LogP contribution < -0.4 is 15.3 Å². The van der Waals surface area contributed by atoms with Crippen molar-refractivity contribution in [2.75, 3.05) is 13.2 Å². The van der Waals surface area contributed by atoms with Crippen LogP contribution in [-0.2, 0) is 31.2 Å². The Labute approximate surface area is 156 Å². The fourth-order valence-electron chi connectivity index (χ4n) is 0.436. The second-order valence-corrected chi connectivity index (χ2v) is 4.26. The molecular formula is C16H30O6Ti. The number of carboxylic acid groups (broad SMARTS) is 1. The van der Waals surface area contributed by atoms with E-state index in [1.807, 2.05) is 0 Å². The second-order valence-electron chi connectivity index (χ2n) is 4.26. The van der Waals surface area contributed by atoms with Gasteiger partial charge in [-0.15, -0.1) is 12.2 Å².